The zero-order valence-corrected chi connectivity index (χ0v) is 15.3. The van der Waals surface area contributed by atoms with Crippen molar-refractivity contribution in [2.24, 2.45) is 0 Å². The Hall–Kier alpha value is -2.89. The standard InChI is InChI=1S/C20H23N5O/c1-12-10-15-6-4-8-21-19(15)16(11-12)22-20(26)25-9-5-7-17(25)18-13(2)23-24-14(18)3/h4,6,8,10-11,17H,5,7,9H2,1-3H3,(H,22,26)(H,23,24)/t17-/m0/s1. The van der Waals surface area contributed by atoms with Crippen molar-refractivity contribution in [3.05, 3.63) is 53.0 Å². The van der Waals surface area contributed by atoms with Crippen LogP contribution in [-0.2, 0) is 0 Å². The summed E-state index contributed by atoms with van der Waals surface area (Å²) < 4.78 is 0. The van der Waals surface area contributed by atoms with E-state index < -0.39 is 0 Å². The first-order valence-electron chi connectivity index (χ1n) is 8.99. The van der Waals surface area contributed by atoms with E-state index in [1.165, 1.54) is 0 Å². The molecule has 6 nitrogen and oxygen atoms in total. The van der Waals surface area contributed by atoms with Crippen LogP contribution in [0.5, 0.6) is 0 Å². The van der Waals surface area contributed by atoms with E-state index in [4.69, 9.17) is 0 Å². The van der Waals surface area contributed by atoms with Crippen molar-refractivity contribution in [3.63, 3.8) is 0 Å². The number of anilines is 1. The van der Waals surface area contributed by atoms with Crippen LogP contribution in [0.1, 0.15) is 41.4 Å². The van der Waals surface area contributed by atoms with Gasteiger partial charge in [0.05, 0.1) is 22.9 Å². The molecule has 2 N–H and O–H groups in total. The summed E-state index contributed by atoms with van der Waals surface area (Å²) in [7, 11) is 0. The third kappa shape index (κ3) is 2.81. The lowest BCUT2D eigenvalue weighted by molar-refractivity contribution is 0.207. The lowest BCUT2D eigenvalue weighted by Crippen LogP contribution is -2.35. The second-order valence-electron chi connectivity index (χ2n) is 7.02. The minimum Gasteiger partial charge on any atom is -0.317 e. The smallest absolute Gasteiger partial charge is 0.317 e. The van der Waals surface area contributed by atoms with Crippen molar-refractivity contribution in [1.82, 2.24) is 20.1 Å². The van der Waals surface area contributed by atoms with Gasteiger partial charge in [0.2, 0.25) is 0 Å². The number of fused-ring (bicyclic) bond motifs is 1. The van der Waals surface area contributed by atoms with Crippen LogP contribution in [0.2, 0.25) is 0 Å². The van der Waals surface area contributed by atoms with Crippen molar-refractivity contribution in [1.29, 1.82) is 0 Å². The summed E-state index contributed by atoms with van der Waals surface area (Å²) in [5, 5.41) is 11.5. The second kappa shape index (κ2) is 6.44. The molecule has 26 heavy (non-hydrogen) atoms. The van der Waals surface area contributed by atoms with Gasteiger partial charge in [-0.15, -0.1) is 0 Å². The molecule has 0 aliphatic carbocycles. The summed E-state index contributed by atoms with van der Waals surface area (Å²) in [4.78, 5) is 19.4. The first kappa shape index (κ1) is 16.6. The van der Waals surface area contributed by atoms with Gasteiger partial charge >= 0.3 is 6.03 Å². The Balaban J connectivity index is 1.64. The number of rotatable bonds is 2. The van der Waals surface area contributed by atoms with E-state index in [1.54, 1.807) is 6.20 Å². The van der Waals surface area contributed by atoms with Gasteiger partial charge in [-0.2, -0.15) is 5.10 Å². The zero-order valence-electron chi connectivity index (χ0n) is 15.3. The molecule has 0 saturated carbocycles. The van der Waals surface area contributed by atoms with Crippen LogP contribution in [0.4, 0.5) is 10.5 Å². The van der Waals surface area contributed by atoms with Crippen LogP contribution in [0.15, 0.2) is 30.5 Å². The number of likely N-dealkylation sites (tertiary alicyclic amines) is 1. The number of pyridine rings is 1. The molecule has 1 aliphatic heterocycles. The Morgan fingerprint density at radius 2 is 2.15 bits per heavy atom. The number of urea groups is 1. The molecule has 1 atom stereocenters. The molecule has 6 heteroatoms. The number of benzene rings is 1. The molecule has 4 rings (SSSR count). The highest BCUT2D eigenvalue weighted by molar-refractivity contribution is 6.00. The van der Waals surface area contributed by atoms with E-state index in [2.05, 4.69) is 26.6 Å². The van der Waals surface area contributed by atoms with Gasteiger partial charge in [-0.3, -0.25) is 10.1 Å². The molecule has 3 aromatic rings. The van der Waals surface area contributed by atoms with Gasteiger partial charge in [0.25, 0.3) is 0 Å². The van der Waals surface area contributed by atoms with Crippen molar-refractivity contribution < 1.29 is 4.79 Å². The maximum atomic E-state index is 13.1. The van der Waals surface area contributed by atoms with Crippen LogP contribution in [0.25, 0.3) is 10.9 Å². The highest BCUT2D eigenvalue weighted by Gasteiger charge is 2.33. The van der Waals surface area contributed by atoms with Gasteiger partial charge < -0.3 is 10.2 Å². The largest absolute Gasteiger partial charge is 0.322 e. The number of hydrogen-bond donors (Lipinski definition) is 2. The monoisotopic (exact) mass is 349 g/mol. The molecule has 0 unspecified atom stereocenters. The highest BCUT2D eigenvalue weighted by Crippen LogP contribution is 2.35. The molecule has 0 radical (unpaired) electrons. The van der Waals surface area contributed by atoms with Crippen LogP contribution >= 0.6 is 0 Å². The minimum absolute atomic E-state index is 0.0674. The Morgan fingerprint density at radius 1 is 1.31 bits per heavy atom. The third-order valence-corrected chi connectivity index (χ3v) is 5.12. The van der Waals surface area contributed by atoms with Crippen molar-refractivity contribution in [2.45, 2.75) is 39.7 Å². The minimum atomic E-state index is -0.0787. The van der Waals surface area contributed by atoms with E-state index in [1.807, 2.05) is 43.9 Å². The average Bonchev–Trinajstić information content (AvgIpc) is 3.21. The second-order valence-corrected chi connectivity index (χ2v) is 7.02. The summed E-state index contributed by atoms with van der Waals surface area (Å²) in [5.41, 5.74) is 5.82. The Bertz CT molecular complexity index is 958. The summed E-state index contributed by atoms with van der Waals surface area (Å²) in [6, 6.07) is 7.97. The number of aryl methyl sites for hydroxylation is 3. The van der Waals surface area contributed by atoms with E-state index >= 15 is 0 Å². The number of hydrogen-bond acceptors (Lipinski definition) is 3. The van der Waals surface area contributed by atoms with Gasteiger partial charge in [0.1, 0.15) is 0 Å². The number of nitrogens with one attached hydrogen (secondary N) is 2. The summed E-state index contributed by atoms with van der Waals surface area (Å²) in [6.07, 6.45) is 3.71. The number of aromatic nitrogens is 3. The predicted molar refractivity (Wildman–Crippen MR) is 102 cm³/mol. The molecule has 1 aromatic carbocycles. The molecule has 0 spiro atoms. The fourth-order valence-electron chi connectivity index (χ4n) is 3.98. The lowest BCUT2D eigenvalue weighted by atomic mass is 10.0. The van der Waals surface area contributed by atoms with Gasteiger partial charge in [0, 0.05) is 29.4 Å². The van der Waals surface area contributed by atoms with Crippen LogP contribution in [0, 0.1) is 20.8 Å². The van der Waals surface area contributed by atoms with Gasteiger partial charge in [0.15, 0.2) is 0 Å². The maximum Gasteiger partial charge on any atom is 0.322 e. The number of nitrogens with zero attached hydrogens (tertiary/aromatic N) is 3. The first-order chi connectivity index (χ1) is 12.5. The lowest BCUT2D eigenvalue weighted by Gasteiger charge is -2.26. The van der Waals surface area contributed by atoms with Gasteiger partial charge in [-0.05, 0) is 57.4 Å². The molecule has 134 valence electrons. The fraction of sp³-hybridized carbons (Fsp3) is 0.350. The zero-order chi connectivity index (χ0) is 18.3. The maximum absolute atomic E-state index is 13.1. The molecular weight excluding hydrogens is 326 g/mol. The fourth-order valence-corrected chi connectivity index (χ4v) is 3.98. The topological polar surface area (TPSA) is 73.9 Å². The van der Waals surface area contributed by atoms with Gasteiger partial charge in [-0.25, -0.2) is 4.79 Å². The van der Waals surface area contributed by atoms with Crippen molar-refractivity contribution in [2.75, 3.05) is 11.9 Å². The van der Waals surface area contributed by atoms with Crippen LogP contribution in [0.3, 0.4) is 0 Å². The number of carbonyl (C=O) groups is 1. The molecule has 1 aliphatic rings. The van der Waals surface area contributed by atoms with Crippen LogP contribution < -0.4 is 5.32 Å². The summed E-state index contributed by atoms with van der Waals surface area (Å²) in [5.74, 6) is 0. The Kier molecular flexibility index (Phi) is 4.11. The Morgan fingerprint density at radius 3 is 2.92 bits per heavy atom. The van der Waals surface area contributed by atoms with E-state index in [9.17, 15) is 4.79 Å². The summed E-state index contributed by atoms with van der Waals surface area (Å²) in [6.45, 7) is 6.78. The van der Waals surface area contributed by atoms with E-state index in [0.717, 1.165) is 58.5 Å². The number of carbonyl (C=O) groups excluding carboxylic acids is 1. The molecule has 2 aromatic heterocycles. The molecule has 2 amide bonds. The van der Waals surface area contributed by atoms with E-state index in [-0.39, 0.29) is 12.1 Å². The molecule has 3 heterocycles. The summed E-state index contributed by atoms with van der Waals surface area (Å²) >= 11 is 0. The SMILES string of the molecule is Cc1cc(NC(=O)N2CCC[C@H]2c2c(C)n[nH]c2C)c2ncccc2c1. The molecule has 1 fully saturated rings. The average molecular weight is 349 g/mol. The predicted octanol–water partition coefficient (Wildman–Crippen LogP) is 4.25. The quantitative estimate of drug-likeness (QED) is 0.726. The van der Waals surface area contributed by atoms with Crippen LogP contribution in [-0.4, -0.2) is 32.7 Å². The van der Waals surface area contributed by atoms with Gasteiger partial charge in [-0.1, -0.05) is 6.07 Å². The highest BCUT2D eigenvalue weighted by atomic mass is 16.2. The van der Waals surface area contributed by atoms with Crippen molar-refractivity contribution >= 4 is 22.6 Å². The molecule has 0 bridgehead atoms. The normalized spacial score (nSPS) is 17.0. The first-order valence-corrected chi connectivity index (χ1v) is 8.99. The molecular formula is C20H23N5O. The number of aromatic amines is 1. The number of H-pyrrole nitrogens is 1. The molecule has 1 saturated heterocycles. The Labute approximate surface area is 152 Å². The number of amides is 2. The third-order valence-electron chi connectivity index (χ3n) is 5.12. The van der Waals surface area contributed by atoms with Crippen molar-refractivity contribution in [3.8, 4) is 0 Å². The van der Waals surface area contributed by atoms with E-state index in [0.29, 0.717) is 0 Å².